The average Bonchev–Trinajstić information content (AvgIpc) is 2.43. The molecule has 1 aromatic carbocycles. The largest absolute Gasteiger partial charge is 0.494 e. The fourth-order valence-electron chi connectivity index (χ4n) is 2.00. The third-order valence-electron chi connectivity index (χ3n) is 2.99. The van der Waals surface area contributed by atoms with Crippen molar-refractivity contribution in [3.8, 4) is 17.0 Å². The van der Waals surface area contributed by atoms with Gasteiger partial charge < -0.3 is 5.11 Å². The summed E-state index contributed by atoms with van der Waals surface area (Å²) in [6, 6.07) is 8.78. The van der Waals surface area contributed by atoms with Crippen molar-refractivity contribution < 1.29 is 5.11 Å². The van der Waals surface area contributed by atoms with Gasteiger partial charge >= 0.3 is 5.69 Å². The van der Waals surface area contributed by atoms with E-state index >= 15 is 0 Å². The molecule has 104 valence electrons. The van der Waals surface area contributed by atoms with Crippen molar-refractivity contribution in [2.75, 3.05) is 0 Å². The van der Waals surface area contributed by atoms with Gasteiger partial charge in [0.15, 0.2) is 0 Å². The third kappa shape index (κ3) is 2.71. The van der Waals surface area contributed by atoms with Gasteiger partial charge in [-0.15, -0.1) is 0 Å². The van der Waals surface area contributed by atoms with Crippen LogP contribution in [0.1, 0.15) is 13.3 Å². The van der Waals surface area contributed by atoms with E-state index in [1.54, 1.807) is 24.3 Å². The Balaban J connectivity index is 2.56. The number of aromatic nitrogens is 2. The fourth-order valence-corrected chi connectivity index (χ4v) is 2.00. The molecule has 0 fully saturated rings. The Morgan fingerprint density at radius 3 is 2.60 bits per heavy atom. The molecule has 0 amide bonds. The number of allylic oxidation sites excluding steroid dienone is 2. The second-order valence-corrected chi connectivity index (χ2v) is 4.33. The van der Waals surface area contributed by atoms with Crippen LogP contribution < -0.4 is 11.2 Å². The summed E-state index contributed by atoms with van der Waals surface area (Å²) in [5.41, 5.74) is -0.491. The van der Waals surface area contributed by atoms with Gasteiger partial charge in [-0.25, -0.2) is 4.79 Å². The van der Waals surface area contributed by atoms with Gasteiger partial charge in [-0.3, -0.25) is 14.3 Å². The van der Waals surface area contributed by atoms with Gasteiger partial charge in [-0.1, -0.05) is 42.5 Å². The van der Waals surface area contributed by atoms with Gasteiger partial charge in [0.25, 0.3) is 5.56 Å². The molecule has 20 heavy (non-hydrogen) atoms. The second-order valence-electron chi connectivity index (χ2n) is 4.33. The summed E-state index contributed by atoms with van der Waals surface area (Å²) in [6.07, 6.45) is 4.36. The molecule has 0 aliphatic heterocycles. The fraction of sp³-hybridized carbons (Fsp3) is 0.200. The lowest BCUT2D eigenvalue weighted by molar-refractivity contribution is 0.404. The Kier molecular flexibility index (Phi) is 4.20. The smallest absolute Gasteiger partial charge is 0.331 e. The van der Waals surface area contributed by atoms with Crippen LogP contribution in [-0.4, -0.2) is 14.7 Å². The molecular weight excluding hydrogens is 256 g/mol. The molecule has 0 atom stereocenters. The standard InChI is InChI=1S/C15H16N2O3/c1-2-3-7-10-17-14(19)12(13(18)16-15(17)20)11-8-5-4-6-9-11/h2-6,8-9,19H,7,10H2,1H3,(H,16,18,20)/b3-2+. The highest BCUT2D eigenvalue weighted by Gasteiger charge is 2.15. The number of benzene rings is 1. The van der Waals surface area contributed by atoms with E-state index in [-0.39, 0.29) is 11.4 Å². The summed E-state index contributed by atoms with van der Waals surface area (Å²) in [4.78, 5) is 25.9. The van der Waals surface area contributed by atoms with E-state index in [0.717, 1.165) is 0 Å². The van der Waals surface area contributed by atoms with E-state index in [1.165, 1.54) is 4.57 Å². The molecule has 0 saturated carbocycles. The van der Waals surface area contributed by atoms with Gasteiger partial charge in [-0.2, -0.15) is 0 Å². The SMILES string of the molecule is C/C=C/CCn1c(O)c(-c2ccccc2)c(=O)[nH]c1=O. The first-order valence-electron chi connectivity index (χ1n) is 6.37. The molecule has 2 rings (SSSR count). The van der Waals surface area contributed by atoms with Crippen LogP contribution in [0.2, 0.25) is 0 Å². The molecule has 0 radical (unpaired) electrons. The molecular formula is C15H16N2O3. The van der Waals surface area contributed by atoms with E-state index in [0.29, 0.717) is 18.5 Å². The molecule has 5 nitrogen and oxygen atoms in total. The Morgan fingerprint density at radius 1 is 1.25 bits per heavy atom. The summed E-state index contributed by atoms with van der Waals surface area (Å²) in [7, 11) is 0. The first-order valence-corrected chi connectivity index (χ1v) is 6.37. The third-order valence-corrected chi connectivity index (χ3v) is 2.99. The summed E-state index contributed by atoms with van der Waals surface area (Å²) < 4.78 is 1.17. The van der Waals surface area contributed by atoms with Crippen LogP contribution in [-0.2, 0) is 6.54 Å². The highest BCUT2D eigenvalue weighted by molar-refractivity contribution is 5.67. The molecule has 0 spiro atoms. The Labute approximate surface area is 115 Å². The number of nitrogens with one attached hydrogen (secondary N) is 1. The zero-order chi connectivity index (χ0) is 14.5. The molecule has 1 aromatic heterocycles. The maximum Gasteiger partial charge on any atom is 0.331 e. The quantitative estimate of drug-likeness (QED) is 0.834. The van der Waals surface area contributed by atoms with Gasteiger partial charge in [0.1, 0.15) is 5.56 Å². The molecule has 1 heterocycles. The van der Waals surface area contributed by atoms with Crippen LogP contribution in [0.4, 0.5) is 0 Å². The van der Waals surface area contributed by atoms with E-state index < -0.39 is 11.2 Å². The minimum atomic E-state index is -0.600. The maximum atomic E-state index is 11.9. The van der Waals surface area contributed by atoms with Crippen LogP contribution in [0.3, 0.4) is 0 Å². The molecule has 2 aromatic rings. The van der Waals surface area contributed by atoms with Crippen molar-refractivity contribution in [3.05, 3.63) is 63.3 Å². The number of hydrogen-bond acceptors (Lipinski definition) is 3. The van der Waals surface area contributed by atoms with Gasteiger partial charge in [-0.05, 0) is 18.9 Å². The second kappa shape index (κ2) is 6.06. The number of aromatic hydroxyl groups is 1. The van der Waals surface area contributed by atoms with E-state index in [9.17, 15) is 14.7 Å². The van der Waals surface area contributed by atoms with Crippen LogP contribution in [0.15, 0.2) is 52.1 Å². The van der Waals surface area contributed by atoms with Crippen LogP contribution in [0.25, 0.3) is 11.1 Å². The Hall–Kier alpha value is -2.56. The van der Waals surface area contributed by atoms with Gasteiger partial charge in [0.2, 0.25) is 5.88 Å². The average molecular weight is 272 g/mol. The zero-order valence-electron chi connectivity index (χ0n) is 11.2. The topological polar surface area (TPSA) is 75.1 Å². The lowest BCUT2D eigenvalue weighted by Crippen LogP contribution is -2.31. The predicted molar refractivity (Wildman–Crippen MR) is 77.9 cm³/mol. The molecule has 2 N–H and O–H groups in total. The molecule has 0 unspecified atom stereocenters. The monoisotopic (exact) mass is 272 g/mol. The summed E-state index contributed by atoms with van der Waals surface area (Å²) in [6.45, 7) is 2.19. The summed E-state index contributed by atoms with van der Waals surface area (Å²) >= 11 is 0. The van der Waals surface area contributed by atoms with Gasteiger partial charge in [0, 0.05) is 6.54 Å². The molecule has 5 heteroatoms. The van der Waals surface area contributed by atoms with Crippen molar-refractivity contribution >= 4 is 0 Å². The number of nitrogens with zero attached hydrogens (tertiary/aromatic N) is 1. The minimum Gasteiger partial charge on any atom is -0.494 e. The lowest BCUT2D eigenvalue weighted by atomic mass is 10.1. The van der Waals surface area contributed by atoms with Crippen molar-refractivity contribution in [2.45, 2.75) is 19.9 Å². The Bertz CT molecular complexity index is 727. The number of rotatable bonds is 4. The molecule has 0 bridgehead atoms. The van der Waals surface area contributed by atoms with E-state index in [4.69, 9.17) is 0 Å². The summed E-state index contributed by atoms with van der Waals surface area (Å²) in [5.74, 6) is -0.297. The number of H-pyrrole nitrogens is 1. The van der Waals surface area contributed by atoms with E-state index in [2.05, 4.69) is 4.98 Å². The Morgan fingerprint density at radius 2 is 1.95 bits per heavy atom. The number of aromatic amines is 1. The van der Waals surface area contributed by atoms with E-state index in [1.807, 2.05) is 25.1 Å². The predicted octanol–water partition coefficient (Wildman–Crippen LogP) is 1.88. The minimum absolute atomic E-state index is 0.116. The molecule has 0 aliphatic carbocycles. The van der Waals surface area contributed by atoms with Crippen LogP contribution in [0.5, 0.6) is 5.88 Å². The molecule has 0 aliphatic rings. The highest BCUT2D eigenvalue weighted by atomic mass is 16.3. The zero-order valence-corrected chi connectivity index (χ0v) is 11.2. The maximum absolute atomic E-state index is 11.9. The summed E-state index contributed by atoms with van der Waals surface area (Å²) in [5, 5.41) is 10.2. The first kappa shape index (κ1) is 13.9. The van der Waals surface area contributed by atoms with Crippen molar-refractivity contribution in [1.29, 1.82) is 0 Å². The molecule has 0 saturated heterocycles. The normalized spacial score (nSPS) is 11.1. The van der Waals surface area contributed by atoms with Crippen molar-refractivity contribution in [3.63, 3.8) is 0 Å². The van der Waals surface area contributed by atoms with Crippen molar-refractivity contribution in [2.24, 2.45) is 0 Å². The highest BCUT2D eigenvalue weighted by Crippen LogP contribution is 2.23. The number of hydrogen-bond donors (Lipinski definition) is 2. The van der Waals surface area contributed by atoms with Crippen molar-refractivity contribution in [1.82, 2.24) is 9.55 Å². The van der Waals surface area contributed by atoms with Crippen LogP contribution in [0, 0.1) is 0 Å². The van der Waals surface area contributed by atoms with Gasteiger partial charge in [0.05, 0.1) is 0 Å². The lowest BCUT2D eigenvalue weighted by Gasteiger charge is -2.10. The van der Waals surface area contributed by atoms with Crippen LogP contribution >= 0.6 is 0 Å². The first-order chi connectivity index (χ1) is 9.65.